The summed E-state index contributed by atoms with van der Waals surface area (Å²) < 4.78 is 95.0. The minimum Gasteiger partial charge on any atom is -0.312 e. The molecule has 0 amide bonds. The molecule has 2 heteroatoms. The lowest BCUT2D eigenvalue weighted by molar-refractivity contribution is -0.216. The van der Waals surface area contributed by atoms with Crippen LogP contribution in [0.5, 0.6) is 0 Å². The van der Waals surface area contributed by atoms with Crippen molar-refractivity contribution in [3.8, 4) is 0 Å². The maximum absolute atomic E-state index is 11.0. The second-order valence-electron chi connectivity index (χ2n) is 4.11. The molecule has 0 saturated heterocycles. The zero-order valence-electron chi connectivity index (χ0n) is 21.1. The van der Waals surface area contributed by atoms with E-state index in [-0.39, 0.29) is 6.42 Å². The van der Waals surface area contributed by atoms with Crippen LogP contribution >= 0.6 is 0 Å². The first-order valence-electron chi connectivity index (χ1n) is 11.1. The standard InChI is InChI=1S/C15H21NO/c1-6-7-11-8-9-12-13(10-11)15(4,5)16(17)14(12,2)3/h6,8-10,17H,1,7H2,2-5H3/i2D3,3D3,4D3,5D3. The average Bonchev–Trinajstić information content (AvgIpc) is 2.71. The first-order chi connectivity index (χ1) is 12.8. The summed E-state index contributed by atoms with van der Waals surface area (Å²) in [6, 6.07) is 3.54. The Hall–Kier alpha value is -1.12. The lowest BCUT2D eigenvalue weighted by Gasteiger charge is -2.34. The van der Waals surface area contributed by atoms with Crippen LogP contribution in [0.2, 0.25) is 0 Å². The van der Waals surface area contributed by atoms with Crippen molar-refractivity contribution in [3.63, 3.8) is 0 Å². The maximum Gasteiger partial charge on any atom is 0.0665 e. The van der Waals surface area contributed by atoms with E-state index in [2.05, 4.69) is 6.58 Å². The molecule has 2 nitrogen and oxygen atoms in total. The number of hydroxylamine groups is 2. The fourth-order valence-electron chi connectivity index (χ4n) is 1.98. The molecule has 0 atom stereocenters. The molecule has 1 heterocycles. The Morgan fingerprint density at radius 2 is 1.94 bits per heavy atom. The lowest BCUT2D eigenvalue weighted by Crippen LogP contribution is -2.42. The van der Waals surface area contributed by atoms with Crippen LogP contribution in [0.4, 0.5) is 0 Å². The van der Waals surface area contributed by atoms with Gasteiger partial charge in [0.15, 0.2) is 0 Å². The molecule has 17 heavy (non-hydrogen) atoms. The highest BCUT2D eigenvalue weighted by Crippen LogP contribution is 2.48. The van der Waals surface area contributed by atoms with Gasteiger partial charge in [-0.15, -0.1) is 6.58 Å². The Morgan fingerprint density at radius 3 is 2.53 bits per heavy atom. The van der Waals surface area contributed by atoms with Gasteiger partial charge in [0.2, 0.25) is 0 Å². The zero-order valence-corrected chi connectivity index (χ0v) is 9.12. The predicted molar refractivity (Wildman–Crippen MR) is 70.0 cm³/mol. The lowest BCUT2D eigenvalue weighted by atomic mass is 9.89. The van der Waals surface area contributed by atoms with E-state index in [1.54, 1.807) is 0 Å². The summed E-state index contributed by atoms with van der Waals surface area (Å²) in [7, 11) is 0. The first kappa shape index (κ1) is 4.22. The van der Waals surface area contributed by atoms with Crippen molar-refractivity contribution in [2.75, 3.05) is 0 Å². The van der Waals surface area contributed by atoms with Crippen LogP contribution in [0.1, 0.15) is 60.5 Å². The largest absolute Gasteiger partial charge is 0.312 e. The zero-order chi connectivity index (χ0) is 22.8. The van der Waals surface area contributed by atoms with E-state index in [4.69, 9.17) is 16.4 Å². The van der Waals surface area contributed by atoms with Gasteiger partial charge in [0.05, 0.1) is 11.1 Å². The summed E-state index contributed by atoms with van der Waals surface area (Å²) >= 11 is 0. The summed E-state index contributed by atoms with van der Waals surface area (Å²) in [6.07, 6.45) is 1.64. The van der Waals surface area contributed by atoms with Gasteiger partial charge in [0.1, 0.15) is 0 Å². The molecule has 0 unspecified atom stereocenters. The maximum atomic E-state index is 11.0. The van der Waals surface area contributed by atoms with Crippen LogP contribution in [0.15, 0.2) is 30.9 Å². The Bertz CT molecular complexity index is 773. The fraction of sp³-hybridized carbons (Fsp3) is 0.467. The minimum absolute atomic E-state index is 0.186. The third-order valence-corrected chi connectivity index (χ3v) is 2.88. The van der Waals surface area contributed by atoms with Crippen molar-refractivity contribution in [3.05, 3.63) is 47.5 Å². The highest BCUT2D eigenvalue weighted by molar-refractivity contribution is 5.45. The van der Waals surface area contributed by atoms with Crippen molar-refractivity contribution in [1.29, 1.82) is 0 Å². The van der Waals surface area contributed by atoms with Crippen molar-refractivity contribution in [2.24, 2.45) is 0 Å². The SMILES string of the molecule is [2H]C([2H])([2H])C1(C([2H])([2H])[2H])c2ccc(CC=C)cc2C(C([2H])([2H])[2H])(C([2H])([2H])[2H])N1O. The number of hydrogen-bond acceptors (Lipinski definition) is 2. The second kappa shape index (κ2) is 3.69. The molecule has 1 aromatic rings. The molecular weight excluding hydrogens is 210 g/mol. The number of allylic oxidation sites excluding steroid dienone is 1. The van der Waals surface area contributed by atoms with Gasteiger partial charge >= 0.3 is 0 Å². The van der Waals surface area contributed by atoms with E-state index in [9.17, 15) is 5.21 Å². The third kappa shape index (κ3) is 1.63. The van der Waals surface area contributed by atoms with Gasteiger partial charge in [-0.1, -0.05) is 24.3 Å². The van der Waals surface area contributed by atoms with E-state index < -0.39 is 54.7 Å². The summed E-state index contributed by atoms with van der Waals surface area (Å²) in [5.74, 6) is 0. The van der Waals surface area contributed by atoms with Crippen molar-refractivity contribution < 1.29 is 21.7 Å². The molecule has 0 aromatic heterocycles. The number of nitrogens with zero attached hydrogens (tertiary/aromatic N) is 1. The minimum atomic E-state index is -3.51. The summed E-state index contributed by atoms with van der Waals surface area (Å²) in [4.78, 5) is 0. The van der Waals surface area contributed by atoms with Gasteiger partial charge in [-0.25, -0.2) is 0 Å². The van der Waals surface area contributed by atoms with Crippen LogP contribution in [0.3, 0.4) is 0 Å². The summed E-state index contributed by atoms with van der Waals surface area (Å²) in [5, 5.41) is 10.6. The number of hydrogen-bond donors (Lipinski definition) is 1. The number of rotatable bonds is 2. The Balaban J connectivity index is 3.18. The van der Waals surface area contributed by atoms with Crippen LogP contribution < -0.4 is 0 Å². The van der Waals surface area contributed by atoms with Crippen LogP contribution in [-0.2, 0) is 17.5 Å². The molecule has 0 radical (unpaired) electrons. The van der Waals surface area contributed by atoms with E-state index >= 15 is 0 Å². The Kier molecular flexibility index (Phi) is 0.915. The van der Waals surface area contributed by atoms with E-state index in [0.29, 0.717) is 5.56 Å². The highest BCUT2D eigenvalue weighted by Gasteiger charge is 2.48. The molecule has 0 fully saturated rings. The van der Waals surface area contributed by atoms with Gasteiger partial charge in [0.25, 0.3) is 0 Å². The van der Waals surface area contributed by atoms with E-state index in [1.807, 2.05) is 0 Å². The van der Waals surface area contributed by atoms with Gasteiger partial charge in [0, 0.05) is 16.4 Å². The van der Waals surface area contributed by atoms with E-state index in [0.717, 1.165) is 12.1 Å². The molecule has 0 spiro atoms. The van der Waals surface area contributed by atoms with Crippen LogP contribution in [0.25, 0.3) is 0 Å². The summed E-state index contributed by atoms with van der Waals surface area (Å²) in [5.41, 5.74) is -7.30. The van der Waals surface area contributed by atoms with Crippen molar-refractivity contribution >= 4 is 0 Å². The number of benzene rings is 1. The second-order valence-corrected chi connectivity index (χ2v) is 4.11. The molecule has 2 rings (SSSR count). The monoisotopic (exact) mass is 243 g/mol. The summed E-state index contributed by atoms with van der Waals surface area (Å²) in [6.45, 7) is -10.5. The molecular formula is C15H21NO. The molecule has 1 aliphatic heterocycles. The average molecular weight is 243 g/mol. The highest BCUT2D eigenvalue weighted by atomic mass is 16.5. The molecule has 0 saturated carbocycles. The smallest absolute Gasteiger partial charge is 0.0665 e. The number of fused-ring (bicyclic) bond motifs is 1. The van der Waals surface area contributed by atoms with Gasteiger partial charge in [-0.2, -0.15) is 5.06 Å². The fourth-order valence-corrected chi connectivity index (χ4v) is 1.98. The quantitative estimate of drug-likeness (QED) is 0.802. The molecule has 0 aliphatic carbocycles. The Labute approximate surface area is 120 Å². The topological polar surface area (TPSA) is 23.5 Å². The Morgan fingerprint density at radius 1 is 1.29 bits per heavy atom. The molecule has 1 N–H and O–H groups in total. The van der Waals surface area contributed by atoms with Crippen LogP contribution in [0, 0.1) is 0 Å². The van der Waals surface area contributed by atoms with Gasteiger partial charge in [-0.3, -0.25) is 0 Å². The van der Waals surface area contributed by atoms with Crippen LogP contribution in [-0.4, -0.2) is 10.3 Å². The first-order valence-corrected chi connectivity index (χ1v) is 5.06. The molecule has 1 aromatic carbocycles. The third-order valence-electron chi connectivity index (χ3n) is 2.88. The normalized spacial score (nSPS) is 34.6. The predicted octanol–water partition coefficient (Wildman–Crippen LogP) is 3.59. The molecule has 1 aliphatic rings. The molecule has 0 bridgehead atoms. The van der Waals surface area contributed by atoms with E-state index in [1.165, 1.54) is 12.1 Å². The van der Waals surface area contributed by atoms with Crippen molar-refractivity contribution in [1.82, 2.24) is 5.06 Å². The van der Waals surface area contributed by atoms with Gasteiger partial charge < -0.3 is 5.21 Å². The molecule has 92 valence electrons. The van der Waals surface area contributed by atoms with Crippen molar-refractivity contribution in [2.45, 2.75) is 44.9 Å². The van der Waals surface area contributed by atoms with Gasteiger partial charge in [-0.05, 0) is 50.5 Å².